The summed E-state index contributed by atoms with van der Waals surface area (Å²) in [6.07, 6.45) is 0. The molecule has 0 unspecified atom stereocenters. The maximum Gasteiger partial charge on any atom is 0.0896 e. The van der Waals surface area contributed by atoms with Crippen LogP contribution in [0.15, 0.2) is 130 Å². The van der Waals surface area contributed by atoms with Crippen LogP contribution in [0, 0.1) is 27.7 Å². The average Bonchev–Trinajstić information content (AvgIpc) is 3.95. The summed E-state index contributed by atoms with van der Waals surface area (Å²) >= 11 is 1.74. The molecule has 0 fully saturated rings. The topological polar surface area (TPSA) is 26.3 Å². The monoisotopic (exact) mass is 874 g/mol. The number of furan rings is 2. The van der Waals surface area contributed by atoms with E-state index in [0.717, 1.165) is 34.2 Å². The SMILES string of the molecule is C[Si](C)=[Zr+2].Cc1ccc(-c2cc3c(-c4ccccc4)c(C)c(C(C)C)cc3[cH-]2)o1.Cc1ccc(-c2cc3c(-c4ccccc4)c(C)c(C(C)C)cc3[cH-]2)o1.Cl.Cl. The summed E-state index contributed by atoms with van der Waals surface area (Å²) < 4.78 is 11.7. The number of rotatable bonds is 6. The van der Waals surface area contributed by atoms with Crippen LogP contribution >= 0.6 is 24.8 Å². The Kier molecular flexibility index (Phi) is 15.8. The Morgan fingerprint density at radius 3 is 1.14 bits per heavy atom. The maximum atomic E-state index is 5.85. The van der Waals surface area contributed by atoms with Crippen molar-refractivity contribution in [1.29, 1.82) is 0 Å². The zero-order valence-electron chi connectivity index (χ0n) is 34.3. The van der Waals surface area contributed by atoms with Gasteiger partial charge in [0.2, 0.25) is 0 Å². The van der Waals surface area contributed by atoms with E-state index in [9.17, 15) is 0 Å². The van der Waals surface area contributed by atoms with Crippen molar-refractivity contribution in [2.24, 2.45) is 0 Å². The maximum absolute atomic E-state index is 5.85. The van der Waals surface area contributed by atoms with Crippen LogP contribution in [-0.2, 0) is 23.3 Å². The number of fused-ring (bicyclic) bond motifs is 2. The first-order chi connectivity index (χ1) is 25.8. The van der Waals surface area contributed by atoms with Gasteiger partial charge in [0.1, 0.15) is 0 Å². The molecule has 0 bridgehead atoms. The predicted molar refractivity (Wildman–Crippen MR) is 244 cm³/mol. The van der Waals surface area contributed by atoms with Gasteiger partial charge in [-0.3, -0.25) is 0 Å². The second-order valence-corrected chi connectivity index (χ2v) is 24.7. The van der Waals surface area contributed by atoms with E-state index in [0.29, 0.717) is 11.8 Å². The molecule has 2 heterocycles. The molecule has 0 saturated carbocycles. The first kappa shape index (κ1) is 45.0. The molecule has 0 N–H and O–H groups in total. The third-order valence-electron chi connectivity index (χ3n) is 10.0. The molecule has 56 heavy (non-hydrogen) atoms. The number of aryl methyl sites for hydroxylation is 2. The molecule has 0 aliphatic rings. The van der Waals surface area contributed by atoms with Crippen molar-refractivity contribution in [3.8, 4) is 44.9 Å². The molecule has 6 aromatic carbocycles. The van der Waals surface area contributed by atoms with Crippen molar-refractivity contribution in [2.45, 2.75) is 80.3 Å². The Morgan fingerprint density at radius 1 is 0.518 bits per heavy atom. The zero-order chi connectivity index (χ0) is 38.7. The van der Waals surface area contributed by atoms with E-state index in [2.05, 4.69) is 164 Å². The molecule has 8 aromatic rings. The van der Waals surface area contributed by atoms with Crippen molar-refractivity contribution in [3.05, 3.63) is 155 Å². The molecule has 0 radical (unpaired) electrons. The van der Waals surface area contributed by atoms with Crippen LogP contribution < -0.4 is 0 Å². The molecule has 6 heteroatoms. The smallest absolute Gasteiger partial charge is 0.0896 e. The van der Waals surface area contributed by atoms with E-state index in [-0.39, 0.29) is 30.2 Å². The molecule has 0 aliphatic carbocycles. The van der Waals surface area contributed by atoms with E-state index in [1.54, 1.807) is 23.3 Å². The molecule has 0 spiro atoms. The first-order valence-electron chi connectivity index (χ1n) is 19.1. The molecular weight excluding hydrogens is 823 g/mol. The Morgan fingerprint density at radius 2 is 0.857 bits per heavy atom. The molecule has 8 rings (SSSR count). The van der Waals surface area contributed by atoms with Crippen LogP contribution in [0.3, 0.4) is 0 Å². The van der Waals surface area contributed by atoms with Gasteiger partial charge in [-0.25, -0.2) is 0 Å². The third-order valence-corrected chi connectivity index (χ3v) is 10.0. The van der Waals surface area contributed by atoms with Crippen molar-refractivity contribution < 1.29 is 32.2 Å². The van der Waals surface area contributed by atoms with E-state index in [1.807, 2.05) is 26.0 Å². The van der Waals surface area contributed by atoms with Crippen LogP contribution in [0.2, 0.25) is 13.1 Å². The van der Waals surface area contributed by atoms with E-state index in [4.69, 9.17) is 8.83 Å². The van der Waals surface area contributed by atoms with Crippen molar-refractivity contribution in [2.75, 3.05) is 0 Å². The van der Waals surface area contributed by atoms with Gasteiger partial charge < -0.3 is 8.83 Å². The number of halogens is 2. The average molecular weight is 877 g/mol. The Labute approximate surface area is 361 Å². The molecule has 0 saturated heterocycles. The van der Waals surface area contributed by atoms with Gasteiger partial charge in [0, 0.05) is 0 Å². The van der Waals surface area contributed by atoms with Gasteiger partial charge in [-0.15, -0.1) is 82.8 Å². The summed E-state index contributed by atoms with van der Waals surface area (Å²) in [6, 6.07) is 43.3. The third kappa shape index (κ3) is 10.1. The minimum absolute atomic E-state index is 0. The summed E-state index contributed by atoms with van der Waals surface area (Å²) in [5, 5.41) is 5.18. The molecule has 2 aromatic heterocycles. The number of hydrogen-bond donors (Lipinski definition) is 0. The van der Waals surface area contributed by atoms with Crippen LogP contribution in [-0.4, -0.2) is 5.43 Å². The molecule has 2 nitrogen and oxygen atoms in total. The van der Waals surface area contributed by atoms with E-state index in [1.165, 1.54) is 66.1 Å². The quantitative estimate of drug-likeness (QED) is 0.123. The summed E-state index contributed by atoms with van der Waals surface area (Å²) in [7, 11) is 0. The van der Waals surface area contributed by atoms with Crippen LogP contribution in [0.1, 0.15) is 73.3 Å². The van der Waals surface area contributed by atoms with Crippen molar-refractivity contribution in [3.63, 3.8) is 0 Å². The molecule has 288 valence electrons. The zero-order valence-corrected chi connectivity index (χ0v) is 39.4. The van der Waals surface area contributed by atoms with Gasteiger partial charge in [0.15, 0.2) is 0 Å². The summed E-state index contributed by atoms with van der Waals surface area (Å²) in [4.78, 5) is 0. The summed E-state index contributed by atoms with van der Waals surface area (Å²) in [6.45, 7) is 22.2. The molecule has 0 amide bonds. The van der Waals surface area contributed by atoms with Crippen molar-refractivity contribution in [1.82, 2.24) is 0 Å². The predicted octanol–water partition coefficient (Wildman–Crippen LogP) is 16.1. The minimum Gasteiger partial charge on any atom is -0.496 e. The van der Waals surface area contributed by atoms with Crippen molar-refractivity contribution >= 4 is 51.8 Å². The minimum atomic E-state index is 0. The largest absolute Gasteiger partial charge is 0.496 e. The number of hydrogen-bond acceptors (Lipinski definition) is 2. The first-order valence-corrected chi connectivity index (χ1v) is 25.2. The Hall–Kier alpha value is -3.66. The fourth-order valence-electron chi connectivity index (χ4n) is 7.58. The standard InChI is InChI=1S/2C24H23O.C2H6Si.2ClH.Zr/c2*1-15(2)21-13-19-12-20(23-11-10-16(3)25-23)14-22(19)24(17(21)4)18-8-6-5-7-9-18;1-3-2;;;/h2*5-15H,1-4H3;1-2H3;2*1H;/q2*-1;;;;+2. The second-order valence-electron chi connectivity index (χ2n) is 15.3. The van der Waals surface area contributed by atoms with E-state index < -0.39 is 0 Å². The van der Waals surface area contributed by atoms with Crippen LogP contribution in [0.4, 0.5) is 0 Å². The van der Waals surface area contributed by atoms with Crippen LogP contribution in [0.5, 0.6) is 0 Å². The van der Waals surface area contributed by atoms with Gasteiger partial charge >= 0.3 is 41.9 Å². The molecule has 0 aliphatic heterocycles. The van der Waals surface area contributed by atoms with Gasteiger partial charge in [-0.05, 0) is 86.1 Å². The Balaban J connectivity index is 0.000000220. The number of benzene rings is 4. The van der Waals surface area contributed by atoms with Gasteiger partial charge in [-0.2, -0.15) is 0 Å². The van der Waals surface area contributed by atoms with Gasteiger partial charge in [-0.1, -0.05) is 122 Å². The molecule has 0 atom stereocenters. The van der Waals surface area contributed by atoms with E-state index >= 15 is 0 Å². The summed E-state index contributed by atoms with van der Waals surface area (Å²) in [5.41, 5.74) is 13.3. The fourth-order valence-corrected chi connectivity index (χ4v) is 7.58. The molecular formula is C50H54Cl2O2SiZr. The normalized spacial score (nSPS) is 10.8. The fraction of sp³-hybridized carbons (Fsp3) is 0.240. The van der Waals surface area contributed by atoms with Gasteiger partial charge in [0.05, 0.1) is 23.0 Å². The summed E-state index contributed by atoms with van der Waals surface area (Å²) in [5.74, 6) is 4.77. The Bertz CT molecular complexity index is 2360. The van der Waals surface area contributed by atoms with Gasteiger partial charge in [0.25, 0.3) is 0 Å². The van der Waals surface area contributed by atoms with Crippen LogP contribution in [0.25, 0.3) is 66.4 Å². The second kappa shape index (κ2) is 19.7.